The highest BCUT2D eigenvalue weighted by atomic mass is 16.5. The summed E-state index contributed by atoms with van der Waals surface area (Å²) in [6, 6.07) is 4.29. The number of hydrogen-bond donors (Lipinski definition) is 1. The molecule has 1 aliphatic heterocycles. The minimum Gasteiger partial charge on any atom is -0.377 e. The van der Waals surface area contributed by atoms with E-state index in [0.29, 0.717) is 5.92 Å². The lowest BCUT2D eigenvalue weighted by Crippen LogP contribution is -2.53. The number of ether oxygens (including phenoxy) is 1. The molecule has 1 aromatic rings. The zero-order chi connectivity index (χ0) is 14.6. The van der Waals surface area contributed by atoms with E-state index in [9.17, 15) is 0 Å². The van der Waals surface area contributed by atoms with Crippen molar-refractivity contribution in [2.45, 2.75) is 39.8 Å². The molecule has 0 atom stereocenters. The van der Waals surface area contributed by atoms with Crippen LogP contribution in [0.15, 0.2) is 18.3 Å². The lowest BCUT2D eigenvalue weighted by Gasteiger charge is -2.43. The van der Waals surface area contributed by atoms with Crippen LogP contribution in [-0.2, 0) is 11.3 Å². The highest BCUT2D eigenvalue weighted by Gasteiger charge is 2.30. The van der Waals surface area contributed by atoms with E-state index in [1.807, 2.05) is 6.20 Å². The Hall–Kier alpha value is -1.13. The second-order valence-corrected chi connectivity index (χ2v) is 6.55. The number of nitrogens with one attached hydrogen (secondary N) is 1. The molecule has 0 aliphatic carbocycles. The molecule has 1 saturated heterocycles. The van der Waals surface area contributed by atoms with Crippen molar-refractivity contribution in [1.82, 2.24) is 10.3 Å². The van der Waals surface area contributed by atoms with Crippen LogP contribution in [0.1, 0.15) is 33.4 Å². The van der Waals surface area contributed by atoms with Gasteiger partial charge in [-0.3, -0.25) is 4.98 Å². The molecular formula is C16H27N3O. The van der Waals surface area contributed by atoms with Crippen molar-refractivity contribution in [3.63, 3.8) is 0 Å². The van der Waals surface area contributed by atoms with Gasteiger partial charge in [-0.1, -0.05) is 13.8 Å². The van der Waals surface area contributed by atoms with Crippen LogP contribution in [0.5, 0.6) is 0 Å². The maximum Gasteiger partial charge on any atom is 0.0694 e. The number of morpholine rings is 1. The largest absolute Gasteiger partial charge is 0.377 e. The summed E-state index contributed by atoms with van der Waals surface area (Å²) in [4.78, 5) is 6.88. The van der Waals surface area contributed by atoms with Gasteiger partial charge in [0.25, 0.3) is 0 Å². The first-order valence-corrected chi connectivity index (χ1v) is 7.50. The molecule has 1 aliphatic rings. The average molecular weight is 277 g/mol. The third kappa shape index (κ3) is 3.93. The quantitative estimate of drug-likeness (QED) is 0.897. The van der Waals surface area contributed by atoms with Gasteiger partial charge in [-0.05, 0) is 38.4 Å². The van der Waals surface area contributed by atoms with Crippen molar-refractivity contribution in [2.24, 2.45) is 5.92 Å². The summed E-state index contributed by atoms with van der Waals surface area (Å²) >= 11 is 0. The Bertz CT molecular complexity index is 431. The van der Waals surface area contributed by atoms with Gasteiger partial charge in [0.15, 0.2) is 0 Å². The molecule has 0 saturated carbocycles. The first-order valence-electron chi connectivity index (χ1n) is 7.50. The number of nitrogens with zero attached hydrogens (tertiary/aromatic N) is 2. The summed E-state index contributed by atoms with van der Waals surface area (Å²) in [5.41, 5.74) is 2.39. The molecular weight excluding hydrogens is 250 g/mol. The molecule has 20 heavy (non-hydrogen) atoms. The Labute approximate surface area is 122 Å². The van der Waals surface area contributed by atoms with Crippen LogP contribution in [0.3, 0.4) is 0 Å². The topological polar surface area (TPSA) is 37.4 Å². The molecule has 1 fully saturated rings. The van der Waals surface area contributed by atoms with E-state index in [-0.39, 0.29) is 5.54 Å². The molecule has 2 rings (SSSR count). The summed E-state index contributed by atoms with van der Waals surface area (Å²) in [7, 11) is 0. The third-order valence-electron chi connectivity index (χ3n) is 3.62. The van der Waals surface area contributed by atoms with Crippen LogP contribution in [-0.4, -0.2) is 36.8 Å². The van der Waals surface area contributed by atoms with E-state index in [2.05, 4.69) is 55.0 Å². The Morgan fingerprint density at radius 3 is 2.95 bits per heavy atom. The number of hydrogen-bond acceptors (Lipinski definition) is 4. The van der Waals surface area contributed by atoms with E-state index >= 15 is 0 Å². The number of anilines is 1. The SMILES string of the molecule is CC(C)CNCc1cc(N2CCOCC2(C)C)ccn1. The molecule has 0 spiro atoms. The molecule has 1 aromatic heterocycles. The average Bonchev–Trinajstić information content (AvgIpc) is 2.38. The normalized spacial score (nSPS) is 18.6. The summed E-state index contributed by atoms with van der Waals surface area (Å²) in [6.45, 7) is 13.2. The summed E-state index contributed by atoms with van der Waals surface area (Å²) in [5.74, 6) is 0.663. The third-order valence-corrected chi connectivity index (χ3v) is 3.62. The summed E-state index contributed by atoms with van der Waals surface area (Å²) in [6.07, 6.45) is 1.91. The molecule has 112 valence electrons. The number of pyridine rings is 1. The molecule has 0 aromatic carbocycles. The van der Waals surface area contributed by atoms with Gasteiger partial charge in [-0.2, -0.15) is 0 Å². The Kier molecular flexibility index (Phi) is 5.00. The Morgan fingerprint density at radius 1 is 1.45 bits per heavy atom. The van der Waals surface area contributed by atoms with Crippen molar-refractivity contribution in [1.29, 1.82) is 0 Å². The van der Waals surface area contributed by atoms with Gasteiger partial charge in [0.2, 0.25) is 0 Å². The van der Waals surface area contributed by atoms with Crippen molar-refractivity contribution in [2.75, 3.05) is 31.2 Å². The van der Waals surface area contributed by atoms with E-state index < -0.39 is 0 Å². The van der Waals surface area contributed by atoms with Gasteiger partial charge < -0.3 is 15.0 Å². The fourth-order valence-corrected chi connectivity index (χ4v) is 2.56. The molecule has 2 heterocycles. The highest BCUT2D eigenvalue weighted by Crippen LogP contribution is 2.26. The molecule has 4 heteroatoms. The van der Waals surface area contributed by atoms with Crippen molar-refractivity contribution in [3.8, 4) is 0 Å². The lowest BCUT2D eigenvalue weighted by atomic mass is 10.0. The molecule has 0 unspecified atom stereocenters. The van der Waals surface area contributed by atoms with Gasteiger partial charge in [0, 0.05) is 25.0 Å². The smallest absolute Gasteiger partial charge is 0.0694 e. The first kappa shape index (κ1) is 15.3. The molecule has 0 amide bonds. The van der Waals surface area contributed by atoms with Crippen LogP contribution < -0.4 is 10.2 Å². The first-order chi connectivity index (χ1) is 9.49. The number of aromatic nitrogens is 1. The minimum absolute atomic E-state index is 0.0439. The zero-order valence-corrected chi connectivity index (χ0v) is 13.1. The predicted molar refractivity (Wildman–Crippen MR) is 83.0 cm³/mol. The molecule has 1 N–H and O–H groups in total. The van der Waals surface area contributed by atoms with E-state index in [4.69, 9.17) is 4.74 Å². The maximum atomic E-state index is 5.59. The van der Waals surface area contributed by atoms with E-state index in [0.717, 1.165) is 38.5 Å². The minimum atomic E-state index is 0.0439. The van der Waals surface area contributed by atoms with Crippen LogP contribution in [0.2, 0.25) is 0 Å². The van der Waals surface area contributed by atoms with E-state index in [1.165, 1.54) is 5.69 Å². The highest BCUT2D eigenvalue weighted by molar-refractivity contribution is 5.49. The van der Waals surface area contributed by atoms with Gasteiger partial charge in [0.05, 0.1) is 24.4 Å². The van der Waals surface area contributed by atoms with Gasteiger partial charge >= 0.3 is 0 Å². The molecule has 0 bridgehead atoms. The predicted octanol–water partition coefficient (Wildman–Crippen LogP) is 2.44. The van der Waals surface area contributed by atoms with Gasteiger partial charge in [-0.25, -0.2) is 0 Å². The molecule has 0 radical (unpaired) electrons. The summed E-state index contributed by atoms with van der Waals surface area (Å²) in [5, 5.41) is 3.45. The second-order valence-electron chi connectivity index (χ2n) is 6.55. The van der Waals surface area contributed by atoms with Crippen LogP contribution in [0.25, 0.3) is 0 Å². The Balaban J connectivity index is 2.05. The maximum absolute atomic E-state index is 5.59. The van der Waals surface area contributed by atoms with Crippen molar-refractivity contribution in [3.05, 3.63) is 24.0 Å². The van der Waals surface area contributed by atoms with Gasteiger partial charge in [0.1, 0.15) is 0 Å². The second kappa shape index (κ2) is 6.55. The van der Waals surface area contributed by atoms with Crippen LogP contribution in [0, 0.1) is 5.92 Å². The molecule has 4 nitrogen and oxygen atoms in total. The lowest BCUT2D eigenvalue weighted by molar-refractivity contribution is 0.0644. The van der Waals surface area contributed by atoms with E-state index in [1.54, 1.807) is 0 Å². The standard InChI is InChI=1S/C16H27N3O/c1-13(2)10-17-11-14-9-15(5-6-18-14)19-7-8-20-12-16(19,3)4/h5-6,9,13,17H,7-8,10-12H2,1-4H3. The zero-order valence-electron chi connectivity index (χ0n) is 13.1. The van der Waals surface area contributed by atoms with Crippen molar-refractivity contribution < 1.29 is 4.74 Å². The fraction of sp³-hybridized carbons (Fsp3) is 0.688. The monoisotopic (exact) mass is 277 g/mol. The fourth-order valence-electron chi connectivity index (χ4n) is 2.56. The Morgan fingerprint density at radius 2 is 2.25 bits per heavy atom. The summed E-state index contributed by atoms with van der Waals surface area (Å²) < 4.78 is 5.59. The van der Waals surface area contributed by atoms with Crippen molar-refractivity contribution >= 4 is 5.69 Å². The van der Waals surface area contributed by atoms with Crippen LogP contribution >= 0.6 is 0 Å². The van der Waals surface area contributed by atoms with Crippen LogP contribution in [0.4, 0.5) is 5.69 Å². The van der Waals surface area contributed by atoms with Gasteiger partial charge in [-0.15, -0.1) is 0 Å². The number of rotatable bonds is 5.